The lowest BCUT2D eigenvalue weighted by molar-refractivity contribution is -0.152. The first kappa shape index (κ1) is 27.0. The molecule has 0 aromatic rings. The van der Waals surface area contributed by atoms with Crippen molar-refractivity contribution in [2.24, 2.45) is 0 Å². The Morgan fingerprint density at radius 2 is 1.04 bits per heavy atom. The lowest BCUT2D eigenvalue weighted by Gasteiger charge is -2.37. The van der Waals surface area contributed by atoms with Gasteiger partial charge in [0, 0.05) is 0 Å². The largest absolute Gasteiger partial charge is 0.479 e. The molecule has 11 heteroatoms. The van der Waals surface area contributed by atoms with E-state index in [1.54, 1.807) is 0 Å². The number of hydrogen-bond acceptors (Lipinski definition) is 2. The lowest BCUT2D eigenvalue weighted by Crippen LogP contribution is -2.52. The maximum Gasteiger partial charge on any atom is 0.336 e. The maximum absolute atomic E-state index is 10.6. The van der Waals surface area contributed by atoms with Crippen molar-refractivity contribution >= 4 is 93.1 Å². The number of halogens is 7. The second-order valence-corrected chi connectivity index (χ2v) is 9.56. The van der Waals surface area contributed by atoms with Gasteiger partial charge in [0.15, 0.2) is 0 Å². The Balaban J connectivity index is 0.000000485. The molecule has 0 atom stereocenters. The normalized spacial score (nSPS) is 31.7. The quantitative estimate of drug-likeness (QED) is 0.258. The number of rotatable bonds is 7. The molecular weight excluding hydrogens is 492 g/mol. The number of alkyl halides is 7. The van der Waals surface area contributed by atoms with E-state index < -0.39 is 49.1 Å². The van der Waals surface area contributed by atoms with Gasteiger partial charge in [-0.05, 0) is 6.42 Å². The summed E-state index contributed by atoms with van der Waals surface area (Å²) in [5.41, 5.74) is 0. The first-order valence-electron chi connectivity index (χ1n) is 7.91. The van der Waals surface area contributed by atoms with Gasteiger partial charge in [0.2, 0.25) is 4.87 Å². The average molecular weight is 513 g/mol. The van der Waals surface area contributed by atoms with Gasteiger partial charge in [-0.15, -0.1) is 69.6 Å². The van der Waals surface area contributed by atoms with Gasteiger partial charge in [-0.25, -0.2) is 9.59 Å². The van der Waals surface area contributed by atoms with Gasteiger partial charge in [-0.3, -0.25) is 0 Å². The Kier molecular flexibility index (Phi) is 13.0. The molecule has 1 aliphatic rings. The summed E-state index contributed by atoms with van der Waals surface area (Å²) in [7, 11) is 0. The van der Waals surface area contributed by atoms with Crippen molar-refractivity contribution in [2.45, 2.75) is 76.2 Å². The highest BCUT2D eigenvalue weighted by Gasteiger charge is 2.47. The first-order valence-corrected chi connectivity index (χ1v) is 10.9. The molecule has 0 spiro atoms. The molecule has 0 bridgehead atoms. The van der Waals surface area contributed by atoms with Crippen LogP contribution in [0.25, 0.3) is 0 Å². The number of aliphatic carboxylic acids is 2. The molecule has 0 aromatic heterocycles. The summed E-state index contributed by atoms with van der Waals surface area (Å²) in [6.45, 7) is 2.02. The van der Waals surface area contributed by atoms with Gasteiger partial charge >= 0.3 is 11.9 Å². The van der Waals surface area contributed by atoms with E-state index >= 15 is 0 Å². The third-order valence-electron chi connectivity index (χ3n) is 3.88. The Bertz CT molecular complexity index is 393. The molecule has 1 aliphatic carbocycles. The fraction of sp³-hybridized carbons (Fsp3) is 0.867. The summed E-state index contributed by atoms with van der Waals surface area (Å²) < 4.78 is 0. The molecule has 1 rings (SSSR count). The van der Waals surface area contributed by atoms with Crippen LogP contribution in [-0.4, -0.2) is 59.3 Å². The number of carboxylic acid groups (broad SMARTS) is 2. The van der Waals surface area contributed by atoms with Gasteiger partial charge in [-0.2, -0.15) is 0 Å². The van der Waals surface area contributed by atoms with Crippen molar-refractivity contribution in [3.8, 4) is 0 Å². The molecule has 1 saturated carbocycles. The molecule has 4 nitrogen and oxygen atoms in total. The zero-order valence-electron chi connectivity index (χ0n) is 13.9. The van der Waals surface area contributed by atoms with Crippen LogP contribution in [0.15, 0.2) is 0 Å². The minimum Gasteiger partial charge on any atom is -0.479 e. The third kappa shape index (κ3) is 7.42. The van der Waals surface area contributed by atoms with E-state index in [1.165, 1.54) is 0 Å². The Hall–Kier alpha value is 0.970. The van der Waals surface area contributed by atoms with Crippen LogP contribution in [0.1, 0.15) is 39.0 Å². The fourth-order valence-electron chi connectivity index (χ4n) is 2.15. The van der Waals surface area contributed by atoms with E-state index in [9.17, 15) is 9.59 Å². The summed E-state index contributed by atoms with van der Waals surface area (Å²) in [4.78, 5) is 19.1. The molecule has 154 valence electrons. The molecule has 0 aromatic carbocycles. The lowest BCUT2D eigenvalue weighted by atomic mass is 9.97. The average Bonchev–Trinajstić information content (AvgIpc) is 2.60. The monoisotopic (exact) mass is 510 g/mol. The molecule has 26 heavy (non-hydrogen) atoms. The maximum atomic E-state index is 10.6. The topological polar surface area (TPSA) is 74.6 Å². The van der Waals surface area contributed by atoms with Crippen LogP contribution in [0.4, 0.5) is 0 Å². The zero-order chi connectivity index (χ0) is 20.7. The van der Waals surface area contributed by atoms with Gasteiger partial charge in [0.25, 0.3) is 0 Å². The minimum absolute atomic E-state index is 0.0285. The summed E-state index contributed by atoms with van der Waals surface area (Å²) in [5.74, 6) is -2.97. The van der Waals surface area contributed by atoms with E-state index in [0.717, 1.165) is 19.3 Å². The molecule has 0 saturated heterocycles. The predicted octanol–water partition coefficient (Wildman–Crippen LogP) is 5.75. The van der Waals surface area contributed by atoms with Crippen molar-refractivity contribution in [3.05, 3.63) is 0 Å². The van der Waals surface area contributed by atoms with Crippen LogP contribution in [-0.2, 0) is 9.59 Å². The summed E-state index contributed by atoms with van der Waals surface area (Å²) >= 11 is 40.8. The van der Waals surface area contributed by atoms with Crippen LogP contribution in [0.3, 0.4) is 0 Å². The molecule has 2 N–H and O–H groups in total. The highest BCUT2D eigenvalue weighted by atomic mass is 35.5. The van der Waals surface area contributed by atoms with Gasteiger partial charge in [0.05, 0.1) is 32.3 Å². The predicted molar refractivity (Wildman–Crippen MR) is 110 cm³/mol. The SMILES string of the molecule is CCCCCCC(Cl)(C(=O)O)C(=O)O.ClC1C(Cl)C(Cl)C(Cl)C(Cl)C1Cl. The molecular formula is C15H21Cl7O4. The van der Waals surface area contributed by atoms with E-state index in [-0.39, 0.29) is 6.42 Å². The second-order valence-electron chi connectivity index (χ2n) is 5.89. The molecule has 0 radical (unpaired) electrons. The smallest absolute Gasteiger partial charge is 0.336 e. The second kappa shape index (κ2) is 12.5. The standard InChI is InChI=1S/C9H15ClO4.C6H6Cl6/c1-2-3-4-5-6-9(10,7(11)12)8(13)14;7-1-2(8)4(10)6(12)5(11)3(1)9/h2-6H2,1H3,(H,11,12)(H,13,14);1-6H. The highest BCUT2D eigenvalue weighted by Crippen LogP contribution is 2.39. The van der Waals surface area contributed by atoms with E-state index in [0.29, 0.717) is 6.42 Å². The van der Waals surface area contributed by atoms with Crippen LogP contribution >= 0.6 is 81.2 Å². The van der Waals surface area contributed by atoms with Crippen LogP contribution in [0.2, 0.25) is 0 Å². The number of carbonyl (C=O) groups is 2. The van der Waals surface area contributed by atoms with Crippen molar-refractivity contribution in [3.63, 3.8) is 0 Å². The van der Waals surface area contributed by atoms with E-state index in [4.69, 9.17) is 91.4 Å². The van der Waals surface area contributed by atoms with Crippen molar-refractivity contribution in [2.75, 3.05) is 0 Å². The van der Waals surface area contributed by atoms with Crippen LogP contribution in [0.5, 0.6) is 0 Å². The van der Waals surface area contributed by atoms with Crippen LogP contribution in [0, 0.1) is 0 Å². The summed E-state index contributed by atoms with van der Waals surface area (Å²) in [6, 6.07) is 0. The number of unbranched alkanes of at least 4 members (excludes halogenated alkanes) is 3. The Labute approximate surface area is 188 Å². The Morgan fingerprint density at radius 3 is 1.27 bits per heavy atom. The Morgan fingerprint density at radius 1 is 0.731 bits per heavy atom. The first-order chi connectivity index (χ1) is 11.9. The van der Waals surface area contributed by atoms with Gasteiger partial charge < -0.3 is 10.2 Å². The van der Waals surface area contributed by atoms with E-state index in [1.807, 2.05) is 6.92 Å². The minimum atomic E-state index is -2.15. The van der Waals surface area contributed by atoms with Crippen molar-refractivity contribution in [1.29, 1.82) is 0 Å². The highest BCUT2D eigenvalue weighted by molar-refractivity contribution is 6.45. The van der Waals surface area contributed by atoms with Gasteiger partial charge in [0.1, 0.15) is 0 Å². The number of carboxylic acids is 2. The molecule has 0 unspecified atom stereocenters. The summed E-state index contributed by atoms with van der Waals surface area (Å²) in [6.07, 6.45) is 3.28. The van der Waals surface area contributed by atoms with Crippen LogP contribution < -0.4 is 0 Å². The third-order valence-corrected chi connectivity index (χ3v) is 8.42. The molecule has 0 aliphatic heterocycles. The van der Waals surface area contributed by atoms with Crippen molar-refractivity contribution in [1.82, 2.24) is 0 Å². The molecule has 0 amide bonds. The van der Waals surface area contributed by atoms with Gasteiger partial charge in [-0.1, -0.05) is 44.2 Å². The van der Waals surface area contributed by atoms with Crippen molar-refractivity contribution < 1.29 is 19.8 Å². The summed E-state index contributed by atoms with van der Waals surface area (Å²) in [5, 5.41) is 14.7. The zero-order valence-corrected chi connectivity index (χ0v) is 19.1. The number of hydrogen-bond donors (Lipinski definition) is 2. The van der Waals surface area contributed by atoms with E-state index in [2.05, 4.69) is 0 Å². The fourth-order valence-corrected chi connectivity index (χ4v) is 4.62. The molecule has 0 heterocycles. The molecule has 1 fully saturated rings.